The van der Waals surface area contributed by atoms with Gasteiger partial charge in [0, 0.05) is 14.1 Å². The number of hydrogen-bond donors (Lipinski definition) is 0. The van der Waals surface area contributed by atoms with Crippen LogP contribution < -0.4 is 0 Å². The second-order valence-electron chi connectivity index (χ2n) is 4.21. The van der Waals surface area contributed by atoms with Crippen molar-refractivity contribution in [3.8, 4) is 0 Å². The molecule has 0 rings (SSSR count). The average Bonchev–Trinajstić information content (AvgIpc) is 2.27. The monoisotopic (exact) mass is 229 g/mol. The fraction of sp³-hybridized carbons (Fsp3) is 0.833. The lowest BCUT2D eigenvalue weighted by molar-refractivity contribution is -0.159. The highest BCUT2D eigenvalue weighted by Gasteiger charge is 2.18. The molecule has 0 radical (unpaired) electrons. The van der Waals surface area contributed by atoms with E-state index in [1.165, 1.54) is 19.0 Å². The second kappa shape index (κ2) is 8.13. The molecular formula is C12H23NO3. The molecule has 0 heterocycles. The summed E-state index contributed by atoms with van der Waals surface area (Å²) in [6, 6.07) is 0. The van der Waals surface area contributed by atoms with E-state index in [2.05, 4.69) is 13.8 Å². The van der Waals surface area contributed by atoms with E-state index in [-0.39, 0.29) is 0 Å². The first-order chi connectivity index (χ1) is 7.52. The quantitative estimate of drug-likeness (QED) is 0.515. The van der Waals surface area contributed by atoms with Crippen LogP contribution in [0.2, 0.25) is 0 Å². The van der Waals surface area contributed by atoms with Gasteiger partial charge in [-0.15, -0.1) is 0 Å². The van der Waals surface area contributed by atoms with Gasteiger partial charge in [0.15, 0.2) is 0 Å². The molecule has 0 aliphatic carbocycles. The zero-order chi connectivity index (χ0) is 12.6. The predicted octanol–water partition coefficient (Wildman–Crippen LogP) is 1.83. The van der Waals surface area contributed by atoms with Gasteiger partial charge in [0.2, 0.25) is 0 Å². The third-order valence-electron chi connectivity index (χ3n) is 2.57. The standard InChI is InChI=1S/C12H23NO3/c1-5-7-8-10(6-2)9-16-12(15)11(14)13(3)4/h10H,5-9H2,1-4H3. The van der Waals surface area contributed by atoms with Crippen molar-refractivity contribution in [2.45, 2.75) is 39.5 Å². The van der Waals surface area contributed by atoms with Crippen molar-refractivity contribution >= 4 is 11.9 Å². The number of likely N-dealkylation sites (N-methyl/N-ethyl adjacent to an activating group) is 1. The summed E-state index contributed by atoms with van der Waals surface area (Å²) in [5.74, 6) is -0.968. The SMILES string of the molecule is CCCCC(CC)COC(=O)C(=O)N(C)C. The molecule has 1 atom stereocenters. The van der Waals surface area contributed by atoms with Crippen LogP contribution in [0, 0.1) is 5.92 Å². The van der Waals surface area contributed by atoms with Crippen molar-refractivity contribution < 1.29 is 14.3 Å². The van der Waals surface area contributed by atoms with Crippen LogP contribution in [0.15, 0.2) is 0 Å². The molecule has 0 bridgehead atoms. The molecule has 16 heavy (non-hydrogen) atoms. The van der Waals surface area contributed by atoms with Crippen molar-refractivity contribution in [3.05, 3.63) is 0 Å². The highest BCUT2D eigenvalue weighted by Crippen LogP contribution is 2.12. The first kappa shape index (κ1) is 14.9. The smallest absolute Gasteiger partial charge is 0.397 e. The van der Waals surface area contributed by atoms with Crippen molar-refractivity contribution in [1.82, 2.24) is 4.90 Å². The topological polar surface area (TPSA) is 46.6 Å². The Morgan fingerprint density at radius 2 is 1.88 bits per heavy atom. The zero-order valence-corrected chi connectivity index (χ0v) is 10.8. The number of hydrogen-bond acceptors (Lipinski definition) is 3. The van der Waals surface area contributed by atoms with E-state index >= 15 is 0 Å². The van der Waals surface area contributed by atoms with Crippen LogP contribution in [0.25, 0.3) is 0 Å². The molecule has 0 saturated carbocycles. The Morgan fingerprint density at radius 1 is 1.25 bits per heavy atom. The molecule has 94 valence electrons. The first-order valence-corrected chi connectivity index (χ1v) is 5.91. The lowest BCUT2D eigenvalue weighted by Crippen LogP contribution is -2.32. The van der Waals surface area contributed by atoms with Crippen LogP contribution in [0.5, 0.6) is 0 Å². The van der Waals surface area contributed by atoms with Crippen LogP contribution in [-0.2, 0) is 14.3 Å². The van der Waals surface area contributed by atoms with E-state index in [1.807, 2.05) is 0 Å². The van der Waals surface area contributed by atoms with Gasteiger partial charge in [0.05, 0.1) is 6.61 Å². The minimum Gasteiger partial charge on any atom is -0.458 e. The molecule has 1 unspecified atom stereocenters. The Morgan fingerprint density at radius 3 is 2.31 bits per heavy atom. The highest BCUT2D eigenvalue weighted by atomic mass is 16.5. The summed E-state index contributed by atoms with van der Waals surface area (Å²) in [5, 5.41) is 0. The van der Waals surface area contributed by atoms with Crippen LogP contribution >= 0.6 is 0 Å². The van der Waals surface area contributed by atoms with Gasteiger partial charge >= 0.3 is 11.9 Å². The van der Waals surface area contributed by atoms with Crippen molar-refractivity contribution in [2.75, 3.05) is 20.7 Å². The third kappa shape index (κ3) is 5.73. The normalized spacial score (nSPS) is 12.0. The van der Waals surface area contributed by atoms with Crippen LogP contribution in [0.1, 0.15) is 39.5 Å². The van der Waals surface area contributed by atoms with Crippen LogP contribution in [-0.4, -0.2) is 37.5 Å². The van der Waals surface area contributed by atoms with Crippen molar-refractivity contribution in [3.63, 3.8) is 0 Å². The fourth-order valence-corrected chi connectivity index (χ4v) is 1.34. The van der Waals surface area contributed by atoms with Gasteiger partial charge < -0.3 is 9.64 Å². The summed E-state index contributed by atoms with van der Waals surface area (Å²) in [6.45, 7) is 4.56. The van der Waals surface area contributed by atoms with E-state index < -0.39 is 11.9 Å². The number of carbonyl (C=O) groups is 2. The molecule has 4 nitrogen and oxygen atoms in total. The van der Waals surface area contributed by atoms with Crippen LogP contribution in [0.3, 0.4) is 0 Å². The molecule has 0 aliphatic rings. The summed E-state index contributed by atoms with van der Waals surface area (Å²) in [6.07, 6.45) is 4.30. The largest absolute Gasteiger partial charge is 0.458 e. The maximum Gasteiger partial charge on any atom is 0.397 e. The number of carbonyl (C=O) groups excluding carboxylic acids is 2. The molecule has 0 aliphatic heterocycles. The van der Waals surface area contributed by atoms with Gasteiger partial charge in [-0.25, -0.2) is 4.79 Å². The Balaban J connectivity index is 3.92. The molecule has 0 spiro atoms. The summed E-state index contributed by atoms with van der Waals surface area (Å²) in [4.78, 5) is 23.7. The van der Waals surface area contributed by atoms with Crippen molar-refractivity contribution in [1.29, 1.82) is 0 Å². The third-order valence-corrected chi connectivity index (χ3v) is 2.57. The Hall–Kier alpha value is -1.06. The molecule has 0 aromatic rings. The second-order valence-corrected chi connectivity index (χ2v) is 4.21. The zero-order valence-electron chi connectivity index (χ0n) is 10.8. The Labute approximate surface area is 98.0 Å². The number of amides is 1. The molecule has 0 saturated heterocycles. The molecule has 0 N–H and O–H groups in total. The van der Waals surface area contributed by atoms with E-state index in [4.69, 9.17) is 4.74 Å². The molecule has 0 aromatic heterocycles. The molecule has 4 heteroatoms. The van der Waals surface area contributed by atoms with E-state index in [0.29, 0.717) is 12.5 Å². The summed E-state index contributed by atoms with van der Waals surface area (Å²) in [7, 11) is 3.08. The van der Waals surface area contributed by atoms with Gasteiger partial charge in [-0.3, -0.25) is 4.79 Å². The highest BCUT2D eigenvalue weighted by molar-refractivity contribution is 6.32. The van der Waals surface area contributed by atoms with Gasteiger partial charge in [-0.1, -0.05) is 33.1 Å². The maximum absolute atomic E-state index is 11.3. The van der Waals surface area contributed by atoms with E-state index in [9.17, 15) is 9.59 Å². The fourth-order valence-electron chi connectivity index (χ4n) is 1.34. The molecule has 0 fully saturated rings. The maximum atomic E-state index is 11.3. The minimum absolute atomic E-state index is 0.356. The Bertz CT molecular complexity index is 226. The number of rotatable bonds is 6. The van der Waals surface area contributed by atoms with Crippen molar-refractivity contribution in [2.24, 2.45) is 5.92 Å². The predicted molar refractivity (Wildman–Crippen MR) is 63.0 cm³/mol. The number of esters is 1. The number of ether oxygens (including phenoxy) is 1. The molecule has 1 amide bonds. The lowest BCUT2D eigenvalue weighted by atomic mass is 10.0. The molecular weight excluding hydrogens is 206 g/mol. The molecule has 0 aromatic carbocycles. The van der Waals surface area contributed by atoms with Gasteiger partial charge in [-0.2, -0.15) is 0 Å². The van der Waals surface area contributed by atoms with Gasteiger partial charge in [0.1, 0.15) is 0 Å². The van der Waals surface area contributed by atoms with E-state index in [1.54, 1.807) is 0 Å². The Kier molecular flexibility index (Phi) is 7.60. The number of nitrogens with zero attached hydrogens (tertiary/aromatic N) is 1. The first-order valence-electron chi connectivity index (χ1n) is 5.91. The van der Waals surface area contributed by atoms with E-state index in [0.717, 1.165) is 25.7 Å². The van der Waals surface area contributed by atoms with Crippen LogP contribution in [0.4, 0.5) is 0 Å². The van der Waals surface area contributed by atoms with Gasteiger partial charge in [-0.05, 0) is 12.3 Å². The minimum atomic E-state index is -0.750. The van der Waals surface area contributed by atoms with Gasteiger partial charge in [0.25, 0.3) is 0 Å². The summed E-state index contributed by atoms with van der Waals surface area (Å²) < 4.78 is 4.99. The number of unbranched alkanes of at least 4 members (excludes halogenated alkanes) is 1. The average molecular weight is 229 g/mol. The summed E-state index contributed by atoms with van der Waals surface area (Å²) >= 11 is 0. The summed E-state index contributed by atoms with van der Waals surface area (Å²) in [5.41, 5.74) is 0. The lowest BCUT2D eigenvalue weighted by Gasteiger charge is -2.15.